The van der Waals surface area contributed by atoms with Crippen molar-refractivity contribution in [3.05, 3.63) is 72.7 Å². The summed E-state index contributed by atoms with van der Waals surface area (Å²) in [5, 5.41) is 8.10. The first-order chi connectivity index (χ1) is 12.4. The summed E-state index contributed by atoms with van der Waals surface area (Å²) in [6.45, 7) is 2.88. The highest BCUT2D eigenvalue weighted by atomic mass is 15.3. The van der Waals surface area contributed by atoms with E-state index in [0.29, 0.717) is 6.04 Å². The Morgan fingerprint density at radius 1 is 1.00 bits per heavy atom. The lowest BCUT2D eigenvalue weighted by Gasteiger charge is -2.33. The Morgan fingerprint density at radius 3 is 2.56 bits per heavy atom. The van der Waals surface area contributed by atoms with Crippen molar-refractivity contribution >= 4 is 11.5 Å². The minimum Gasteiger partial charge on any atom is -0.380 e. The van der Waals surface area contributed by atoms with E-state index < -0.39 is 0 Å². The van der Waals surface area contributed by atoms with Crippen LogP contribution in [0, 0.1) is 0 Å². The SMILES string of the molecule is c1ccc(Cn2cc(NC3CCN(c4ccccn4)CC3)cn2)cc1. The molecule has 3 aromatic rings. The van der Waals surface area contributed by atoms with Crippen molar-refractivity contribution in [2.24, 2.45) is 0 Å². The molecule has 0 aliphatic carbocycles. The number of nitrogens with one attached hydrogen (secondary N) is 1. The molecule has 0 saturated carbocycles. The van der Waals surface area contributed by atoms with Gasteiger partial charge in [-0.05, 0) is 30.5 Å². The maximum Gasteiger partial charge on any atom is 0.128 e. The highest BCUT2D eigenvalue weighted by Gasteiger charge is 2.20. The molecule has 25 heavy (non-hydrogen) atoms. The molecule has 1 aliphatic rings. The molecule has 128 valence electrons. The second-order valence-corrected chi connectivity index (χ2v) is 6.51. The zero-order valence-corrected chi connectivity index (χ0v) is 14.3. The number of aromatic nitrogens is 3. The van der Waals surface area contributed by atoms with Crippen LogP contribution in [-0.2, 0) is 6.54 Å². The van der Waals surface area contributed by atoms with Gasteiger partial charge in [0.05, 0.1) is 18.4 Å². The number of hydrogen-bond donors (Lipinski definition) is 1. The summed E-state index contributed by atoms with van der Waals surface area (Å²) in [5.74, 6) is 1.08. The van der Waals surface area contributed by atoms with Crippen LogP contribution in [-0.4, -0.2) is 33.9 Å². The van der Waals surface area contributed by atoms with Crippen LogP contribution in [0.15, 0.2) is 67.1 Å². The van der Waals surface area contributed by atoms with Crippen LogP contribution in [0.5, 0.6) is 0 Å². The molecule has 1 aromatic carbocycles. The number of rotatable bonds is 5. The summed E-state index contributed by atoms with van der Waals surface area (Å²) in [7, 11) is 0. The Morgan fingerprint density at radius 2 is 1.80 bits per heavy atom. The fourth-order valence-electron chi connectivity index (χ4n) is 3.32. The largest absolute Gasteiger partial charge is 0.380 e. The predicted octanol–water partition coefficient (Wildman–Crippen LogP) is 3.41. The average molecular weight is 333 g/mol. The lowest BCUT2D eigenvalue weighted by atomic mass is 10.0. The van der Waals surface area contributed by atoms with Crippen LogP contribution in [0.4, 0.5) is 11.5 Å². The third kappa shape index (κ3) is 3.99. The molecule has 4 rings (SSSR count). The van der Waals surface area contributed by atoms with Gasteiger partial charge in [-0.2, -0.15) is 5.10 Å². The number of nitrogens with zero attached hydrogens (tertiary/aromatic N) is 4. The minimum absolute atomic E-state index is 0.495. The second kappa shape index (κ2) is 7.38. The highest BCUT2D eigenvalue weighted by Crippen LogP contribution is 2.20. The van der Waals surface area contributed by atoms with E-state index in [2.05, 4.69) is 56.8 Å². The zero-order valence-electron chi connectivity index (χ0n) is 14.3. The normalized spacial score (nSPS) is 15.3. The summed E-state index contributed by atoms with van der Waals surface area (Å²) in [4.78, 5) is 6.80. The van der Waals surface area contributed by atoms with Crippen LogP contribution >= 0.6 is 0 Å². The number of pyridine rings is 1. The fraction of sp³-hybridized carbons (Fsp3) is 0.300. The van der Waals surface area contributed by atoms with Crippen molar-refractivity contribution in [1.29, 1.82) is 0 Å². The summed E-state index contributed by atoms with van der Waals surface area (Å²) in [6.07, 6.45) is 8.11. The van der Waals surface area contributed by atoms with Gasteiger partial charge in [0.25, 0.3) is 0 Å². The van der Waals surface area contributed by atoms with Crippen molar-refractivity contribution in [2.75, 3.05) is 23.3 Å². The Bertz CT molecular complexity index is 776. The molecule has 1 aliphatic heterocycles. The second-order valence-electron chi connectivity index (χ2n) is 6.51. The lowest BCUT2D eigenvalue weighted by Crippen LogP contribution is -2.39. The molecule has 0 bridgehead atoms. The zero-order chi connectivity index (χ0) is 16.9. The fourth-order valence-corrected chi connectivity index (χ4v) is 3.32. The lowest BCUT2D eigenvalue weighted by molar-refractivity contribution is 0.523. The third-order valence-corrected chi connectivity index (χ3v) is 4.66. The third-order valence-electron chi connectivity index (χ3n) is 4.66. The molecule has 5 nitrogen and oxygen atoms in total. The van der Waals surface area contributed by atoms with Crippen molar-refractivity contribution in [2.45, 2.75) is 25.4 Å². The number of anilines is 2. The molecule has 0 radical (unpaired) electrons. The molecule has 2 aromatic heterocycles. The summed E-state index contributed by atoms with van der Waals surface area (Å²) < 4.78 is 1.99. The number of benzene rings is 1. The Labute approximate surface area is 148 Å². The molecule has 0 amide bonds. The smallest absolute Gasteiger partial charge is 0.128 e. The molecule has 3 heterocycles. The van der Waals surface area contributed by atoms with Gasteiger partial charge in [0, 0.05) is 31.5 Å². The Hall–Kier alpha value is -2.82. The van der Waals surface area contributed by atoms with Gasteiger partial charge in [-0.15, -0.1) is 0 Å². The van der Waals surface area contributed by atoms with E-state index in [9.17, 15) is 0 Å². The standard InChI is InChI=1S/C20H23N5/c1-2-6-17(7-3-1)15-25-16-19(14-22-25)23-18-9-12-24(13-10-18)20-8-4-5-11-21-20/h1-8,11,14,16,18,23H,9-10,12-13,15H2. The monoisotopic (exact) mass is 333 g/mol. The summed E-state index contributed by atoms with van der Waals surface area (Å²) >= 11 is 0. The van der Waals surface area contributed by atoms with Gasteiger partial charge in [0.1, 0.15) is 5.82 Å². The van der Waals surface area contributed by atoms with Crippen molar-refractivity contribution in [3.63, 3.8) is 0 Å². The summed E-state index contributed by atoms with van der Waals surface area (Å²) in [6, 6.07) is 17.0. The maximum absolute atomic E-state index is 4.47. The molecule has 1 N–H and O–H groups in total. The summed E-state index contributed by atoms with van der Waals surface area (Å²) in [5.41, 5.74) is 2.37. The van der Waals surface area contributed by atoms with E-state index in [-0.39, 0.29) is 0 Å². The van der Waals surface area contributed by atoms with Crippen molar-refractivity contribution in [3.8, 4) is 0 Å². The molecule has 1 fully saturated rings. The molecular formula is C20H23N5. The van der Waals surface area contributed by atoms with Gasteiger partial charge >= 0.3 is 0 Å². The Kier molecular flexibility index (Phi) is 4.63. The minimum atomic E-state index is 0.495. The van der Waals surface area contributed by atoms with Crippen LogP contribution < -0.4 is 10.2 Å². The topological polar surface area (TPSA) is 46.0 Å². The molecule has 1 saturated heterocycles. The quantitative estimate of drug-likeness (QED) is 0.777. The van der Waals surface area contributed by atoms with Crippen molar-refractivity contribution < 1.29 is 0 Å². The van der Waals surface area contributed by atoms with E-state index in [0.717, 1.165) is 44.0 Å². The first-order valence-electron chi connectivity index (χ1n) is 8.86. The van der Waals surface area contributed by atoms with Crippen molar-refractivity contribution in [1.82, 2.24) is 14.8 Å². The van der Waals surface area contributed by atoms with Gasteiger partial charge in [0.15, 0.2) is 0 Å². The highest BCUT2D eigenvalue weighted by molar-refractivity contribution is 5.42. The van der Waals surface area contributed by atoms with Crippen LogP contribution in [0.2, 0.25) is 0 Å². The molecule has 0 atom stereocenters. The average Bonchev–Trinajstić information content (AvgIpc) is 3.11. The van der Waals surface area contributed by atoms with Gasteiger partial charge in [-0.3, -0.25) is 4.68 Å². The number of piperidine rings is 1. The van der Waals surface area contributed by atoms with Gasteiger partial charge in [-0.25, -0.2) is 4.98 Å². The van der Waals surface area contributed by atoms with E-state index in [1.807, 2.05) is 35.3 Å². The van der Waals surface area contributed by atoms with E-state index in [4.69, 9.17) is 0 Å². The first-order valence-corrected chi connectivity index (χ1v) is 8.86. The van der Waals surface area contributed by atoms with Gasteiger partial charge in [-0.1, -0.05) is 36.4 Å². The van der Waals surface area contributed by atoms with E-state index >= 15 is 0 Å². The van der Waals surface area contributed by atoms with Gasteiger partial charge in [0.2, 0.25) is 0 Å². The molecule has 5 heteroatoms. The van der Waals surface area contributed by atoms with E-state index in [1.54, 1.807) is 0 Å². The van der Waals surface area contributed by atoms with Crippen LogP contribution in [0.25, 0.3) is 0 Å². The predicted molar refractivity (Wildman–Crippen MR) is 101 cm³/mol. The number of hydrogen-bond acceptors (Lipinski definition) is 4. The van der Waals surface area contributed by atoms with Crippen LogP contribution in [0.1, 0.15) is 18.4 Å². The molecule has 0 unspecified atom stereocenters. The van der Waals surface area contributed by atoms with Gasteiger partial charge < -0.3 is 10.2 Å². The maximum atomic E-state index is 4.47. The van der Waals surface area contributed by atoms with Crippen LogP contribution in [0.3, 0.4) is 0 Å². The first kappa shape index (κ1) is 15.7. The molecule has 0 spiro atoms. The molecular weight excluding hydrogens is 310 g/mol. The van der Waals surface area contributed by atoms with E-state index in [1.165, 1.54) is 5.56 Å². The Balaban J connectivity index is 1.30.